The molecule has 3 rings (SSSR count). The average molecular weight is 364 g/mol. The first-order chi connectivity index (χ1) is 12.1. The van der Waals surface area contributed by atoms with Crippen LogP contribution < -0.4 is 9.64 Å². The molecule has 132 valence electrons. The molecule has 0 bridgehead atoms. The fraction of sp³-hybridized carbons (Fsp3) is 0.333. The minimum atomic E-state index is -2.99. The number of aryl methyl sites for hydroxylation is 2. The molecule has 1 aliphatic carbocycles. The van der Waals surface area contributed by atoms with E-state index in [0.29, 0.717) is 5.13 Å². The normalized spacial score (nSPS) is 13.4. The van der Waals surface area contributed by atoms with Crippen molar-refractivity contribution in [3.8, 4) is 5.75 Å². The van der Waals surface area contributed by atoms with Gasteiger partial charge in [-0.3, -0.25) is 9.69 Å². The number of thiazole rings is 1. The van der Waals surface area contributed by atoms with E-state index in [-0.39, 0.29) is 17.9 Å². The number of nitrogens with zero attached hydrogens (tertiary/aromatic N) is 2. The fourth-order valence-electron chi connectivity index (χ4n) is 2.82. The molecule has 0 radical (unpaired) electrons. The Balaban J connectivity index is 1.94. The number of hydrogen-bond donors (Lipinski definition) is 0. The maximum absolute atomic E-state index is 13.0. The lowest BCUT2D eigenvalue weighted by Gasteiger charge is -2.19. The second-order valence-corrected chi connectivity index (χ2v) is 6.71. The molecule has 0 spiro atoms. The summed E-state index contributed by atoms with van der Waals surface area (Å²) in [6, 6.07) is 6.00. The van der Waals surface area contributed by atoms with Gasteiger partial charge in [0.05, 0.1) is 11.3 Å². The van der Waals surface area contributed by atoms with Crippen LogP contribution in [0.3, 0.4) is 0 Å². The number of carbonyl (C=O) groups is 1. The molecule has 25 heavy (non-hydrogen) atoms. The maximum Gasteiger partial charge on any atom is 0.387 e. The molecule has 0 fully saturated rings. The zero-order chi connectivity index (χ0) is 17.8. The van der Waals surface area contributed by atoms with E-state index in [0.717, 1.165) is 31.4 Å². The zero-order valence-electron chi connectivity index (χ0n) is 13.6. The first kappa shape index (κ1) is 17.5. The lowest BCUT2D eigenvalue weighted by atomic mass is 10.0. The van der Waals surface area contributed by atoms with Crippen LogP contribution in [0.1, 0.15) is 33.8 Å². The molecule has 1 aromatic carbocycles. The van der Waals surface area contributed by atoms with Gasteiger partial charge in [-0.2, -0.15) is 8.78 Å². The second kappa shape index (κ2) is 7.74. The van der Waals surface area contributed by atoms with Gasteiger partial charge in [0.15, 0.2) is 5.13 Å². The Hall–Kier alpha value is -2.28. The molecular formula is C18H18F2N2O2S. The van der Waals surface area contributed by atoms with E-state index in [4.69, 9.17) is 0 Å². The Bertz CT molecular complexity index is 753. The molecule has 0 saturated carbocycles. The summed E-state index contributed by atoms with van der Waals surface area (Å²) in [4.78, 5) is 20.2. The Morgan fingerprint density at radius 3 is 2.84 bits per heavy atom. The van der Waals surface area contributed by atoms with E-state index in [1.165, 1.54) is 33.2 Å². The highest BCUT2D eigenvalue weighted by atomic mass is 32.1. The van der Waals surface area contributed by atoms with Gasteiger partial charge in [0.1, 0.15) is 5.75 Å². The SMILES string of the molecule is C=CCN(C(=O)c1ccccc1OC(F)F)c1nc2c(s1)CCCC2. The minimum absolute atomic E-state index is 0.0813. The van der Waals surface area contributed by atoms with Crippen molar-refractivity contribution in [3.63, 3.8) is 0 Å². The van der Waals surface area contributed by atoms with Crippen molar-refractivity contribution < 1.29 is 18.3 Å². The molecular weight excluding hydrogens is 346 g/mol. The summed E-state index contributed by atoms with van der Waals surface area (Å²) in [5, 5.41) is 0.573. The van der Waals surface area contributed by atoms with E-state index < -0.39 is 12.5 Å². The van der Waals surface area contributed by atoms with Crippen molar-refractivity contribution in [1.82, 2.24) is 4.98 Å². The summed E-state index contributed by atoms with van der Waals surface area (Å²) in [5.41, 5.74) is 1.11. The van der Waals surface area contributed by atoms with Crippen LogP contribution in [0.25, 0.3) is 0 Å². The molecule has 0 saturated heterocycles. The number of aromatic nitrogens is 1. The predicted octanol–water partition coefficient (Wildman–Crippen LogP) is 4.46. The summed E-state index contributed by atoms with van der Waals surface area (Å²) in [6.45, 7) is 0.939. The molecule has 1 heterocycles. The van der Waals surface area contributed by atoms with Crippen LogP contribution in [0.15, 0.2) is 36.9 Å². The molecule has 1 aliphatic rings. The highest BCUT2D eigenvalue weighted by Gasteiger charge is 2.26. The average Bonchev–Trinajstić information content (AvgIpc) is 3.02. The number of amides is 1. The lowest BCUT2D eigenvalue weighted by Crippen LogP contribution is -2.31. The smallest absolute Gasteiger partial charge is 0.387 e. The Labute approximate surface area is 148 Å². The standard InChI is InChI=1S/C18H18F2N2O2S/c1-2-11-22(18-21-13-8-4-6-10-15(13)25-18)16(23)12-7-3-5-9-14(12)24-17(19)20/h2-3,5,7,9,17H,1,4,6,8,10-11H2. The maximum atomic E-state index is 13.0. The van der Waals surface area contributed by atoms with Crippen molar-refractivity contribution >= 4 is 22.4 Å². The van der Waals surface area contributed by atoms with Gasteiger partial charge in [0, 0.05) is 11.4 Å². The number of fused-ring (bicyclic) bond motifs is 1. The van der Waals surface area contributed by atoms with Crippen LogP contribution in [-0.2, 0) is 12.8 Å². The number of alkyl halides is 2. The third-order valence-electron chi connectivity index (χ3n) is 3.96. The summed E-state index contributed by atoms with van der Waals surface area (Å²) < 4.78 is 29.7. The van der Waals surface area contributed by atoms with Gasteiger partial charge in [0.2, 0.25) is 0 Å². The van der Waals surface area contributed by atoms with Crippen LogP contribution in [0.2, 0.25) is 0 Å². The Morgan fingerprint density at radius 1 is 1.36 bits per heavy atom. The quantitative estimate of drug-likeness (QED) is 0.711. The molecule has 0 aliphatic heterocycles. The van der Waals surface area contributed by atoms with Gasteiger partial charge < -0.3 is 4.74 Å². The van der Waals surface area contributed by atoms with E-state index in [1.54, 1.807) is 18.2 Å². The van der Waals surface area contributed by atoms with Crippen LogP contribution in [0, 0.1) is 0 Å². The number of anilines is 1. The third kappa shape index (κ3) is 3.87. The van der Waals surface area contributed by atoms with E-state index in [9.17, 15) is 13.6 Å². The van der Waals surface area contributed by atoms with Gasteiger partial charge in [-0.15, -0.1) is 17.9 Å². The van der Waals surface area contributed by atoms with Crippen molar-refractivity contribution in [2.45, 2.75) is 32.3 Å². The number of ether oxygens (including phenoxy) is 1. The number of halogens is 2. The van der Waals surface area contributed by atoms with Crippen LogP contribution >= 0.6 is 11.3 Å². The number of rotatable bonds is 6. The molecule has 4 nitrogen and oxygen atoms in total. The first-order valence-electron chi connectivity index (χ1n) is 8.05. The van der Waals surface area contributed by atoms with Gasteiger partial charge in [-0.05, 0) is 37.8 Å². The van der Waals surface area contributed by atoms with Crippen LogP contribution in [-0.4, -0.2) is 24.0 Å². The van der Waals surface area contributed by atoms with Crippen LogP contribution in [0.5, 0.6) is 5.75 Å². The second-order valence-electron chi connectivity index (χ2n) is 5.65. The topological polar surface area (TPSA) is 42.4 Å². The number of benzene rings is 1. The highest BCUT2D eigenvalue weighted by Crippen LogP contribution is 2.33. The van der Waals surface area contributed by atoms with Crippen molar-refractivity contribution in [3.05, 3.63) is 53.1 Å². The lowest BCUT2D eigenvalue weighted by molar-refractivity contribution is -0.0501. The molecule has 7 heteroatoms. The largest absolute Gasteiger partial charge is 0.434 e. The highest BCUT2D eigenvalue weighted by molar-refractivity contribution is 7.16. The van der Waals surface area contributed by atoms with E-state index in [1.807, 2.05) is 0 Å². The van der Waals surface area contributed by atoms with Crippen molar-refractivity contribution in [2.75, 3.05) is 11.4 Å². The number of carbonyl (C=O) groups excluding carboxylic acids is 1. The summed E-state index contributed by atoms with van der Waals surface area (Å²) in [5.74, 6) is -0.569. The van der Waals surface area contributed by atoms with Gasteiger partial charge in [-0.1, -0.05) is 18.2 Å². The van der Waals surface area contributed by atoms with E-state index >= 15 is 0 Å². The predicted molar refractivity (Wildman–Crippen MR) is 93.7 cm³/mol. The fourth-order valence-corrected chi connectivity index (χ4v) is 3.97. The monoisotopic (exact) mass is 364 g/mol. The summed E-state index contributed by atoms with van der Waals surface area (Å²) >= 11 is 1.48. The summed E-state index contributed by atoms with van der Waals surface area (Å²) in [7, 11) is 0. The first-order valence-corrected chi connectivity index (χ1v) is 8.87. The number of hydrogen-bond acceptors (Lipinski definition) is 4. The zero-order valence-corrected chi connectivity index (χ0v) is 14.4. The van der Waals surface area contributed by atoms with Crippen molar-refractivity contribution in [1.29, 1.82) is 0 Å². The van der Waals surface area contributed by atoms with Gasteiger partial charge in [-0.25, -0.2) is 4.98 Å². The Kier molecular flexibility index (Phi) is 5.43. The molecule has 0 atom stereocenters. The summed E-state index contributed by atoms with van der Waals surface area (Å²) in [6.07, 6.45) is 5.68. The molecule has 1 aromatic heterocycles. The van der Waals surface area contributed by atoms with Crippen LogP contribution in [0.4, 0.5) is 13.9 Å². The minimum Gasteiger partial charge on any atom is -0.434 e. The number of para-hydroxylation sites is 1. The van der Waals surface area contributed by atoms with Gasteiger partial charge in [0.25, 0.3) is 5.91 Å². The molecule has 1 amide bonds. The van der Waals surface area contributed by atoms with E-state index in [2.05, 4.69) is 16.3 Å². The third-order valence-corrected chi connectivity index (χ3v) is 5.14. The molecule has 0 unspecified atom stereocenters. The van der Waals surface area contributed by atoms with Gasteiger partial charge >= 0.3 is 6.61 Å². The molecule has 2 aromatic rings. The van der Waals surface area contributed by atoms with Crippen molar-refractivity contribution in [2.24, 2.45) is 0 Å². The Morgan fingerprint density at radius 2 is 2.12 bits per heavy atom. The molecule has 0 N–H and O–H groups in total.